The number of aromatic nitrogens is 1. The van der Waals surface area contributed by atoms with Crippen molar-refractivity contribution in [2.75, 3.05) is 0 Å². The second kappa shape index (κ2) is 1.93. The number of nitrogens with one attached hydrogen (secondary N) is 1. The lowest BCUT2D eigenvalue weighted by Crippen LogP contribution is -1.93. The van der Waals surface area contributed by atoms with Crippen molar-refractivity contribution in [1.82, 2.24) is 4.98 Å². The summed E-state index contributed by atoms with van der Waals surface area (Å²) in [6.07, 6.45) is 0. The number of rotatable bonds is 0. The van der Waals surface area contributed by atoms with Gasteiger partial charge in [-0.15, -0.1) is 0 Å². The minimum atomic E-state index is -0.383. The molecule has 0 spiro atoms. The van der Waals surface area contributed by atoms with Gasteiger partial charge in [-0.2, -0.15) is 0 Å². The Kier molecular flexibility index (Phi) is 1.41. The standard InChI is InChI=1S/C4H4INO2/c1-2-3(5)6-4(7)8-2/h1H3,(H,6,7). The third-order valence-corrected chi connectivity index (χ3v) is 1.80. The normalized spacial score (nSPS) is 9.75. The van der Waals surface area contributed by atoms with Gasteiger partial charge in [0.1, 0.15) is 9.46 Å². The topological polar surface area (TPSA) is 46.0 Å². The fourth-order valence-electron chi connectivity index (χ4n) is 0.387. The first-order valence-electron chi connectivity index (χ1n) is 2.05. The molecule has 0 amide bonds. The van der Waals surface area contributed by atoms with E-state index in [0.717, 1.165) is 3.70 Å². The van der Waals surface area contributed by atoms with E-state index in [1.54, 1.807) is 6.92 Å². The van der Waals surface area contributed by atoms with Gasteiger partial charge in [0.05, 0.1) is 0 Å². The lowest BCUT2D eigenvalue weighted by atomic mass is 10.6. The number of halogens is 1. The van der Waals surface area contributed by atoms with Gasteiger partial charge in [0.15, 0.2) is 0 Å². The van der Waals surface area contributed by atoms with Crippen molar-refractivity contribution in [2.24, 2.45) is 0 Å². The van der Waals surface area contributed by atoms with Crippen LogP contribution >= 0.6 is 22.6 Å². The molecule has 3 nitrogen and oxygen atoms in total. The molecule has 1 rings (SSSR count). The van der Waals surface area contributed by atoms with Gasteiger partial charge >= 0.3 is 5.76 Å². The quantitative estimate of drug-likeness (QED) is 0.666. The van der Waals surface area contributed by atoms with E-state index in [1.807, 2.05) is 22.6 Å². The molecule has 0 aliphatic heterocycles. The fourth-order valence-corrected chi connectivity index (χ4v) is 0.717. The molecule has 0 aromatic carbocycles. The van der Waals surface area contributed by atoms with E-state index in [9.17, 15) is 4.79 Å². The maximum absolute atomic E-state index is 10.3. The molecule has 44 valence electrons. The zero-order chi connectivity index (χ0) is 6.15. The van der Waals surface area contributed by atoms with E-state index < -0.39 is 0 Å². The lowest BCUT2D eigenvalue weighted by molar-refractivity contribution is 0.487. The Labute approximate surface area is 59.2 Å². The maximum atomic E-state index is 10.3. The molecule has 4 heteroatoms. The summed E-state index contributed by atoms with van der Waals surface area (Å²) in [5, 5.41) is 0. The van der Waals surface area contributed by atoms with E-state index in [1.165, 1.54) is 0 Å². The second-order valence-electron chi connectivity index (χ2n) is 1.38. The van der Waals surface area contributed by atoms with E-state index in [2.05, 4.69) is 9.40 Å². The van der Waals surface area contributed by atoms with Crippen LogP contribution < -0.4 is 5.76 Å². The van der Waals surface area contributed by atoms with E-state index in [4.69, 9.17) is 0 Å². The second-order valence-corrected chi connectivity index (χ2v) is 2.46. The molecular formula is C4H4INO2. The van der Waals surface area contributed by atoms with Crippen molar-refractivity contribution in [2.45, 2.75) is 6.92 Å². The minimum absolute atomic E-state index is 0.383. The average Bonchev–Trinajstić information content (AvgIpc) is 1.85. The number of hydrogen-bond donors (Lipinski definition) is 1. The van der Waals surface area contributed by atoms with Gasteiger partial charge in [-0.1, -0.05) is 0 Å². The average molecular weight is 225 g/mol. The van der Waals surface area contributed by atoms with Gasteiger partial charge in [0, 0.05) is 0 Å². The molecular weight excluding hydrogens is 221 g/mol. The van der Waals surface area contributed by atoms with Crippen molar-refractivity contribution < 1.29 is 4.42 Å². The Morgan fingerprint density at radius 2 is 2.38 bits per heavy atom. The Hall–Kier alpha value is -0.260. The van der Waals surface area contributed by atoms with Crippen LogP contribution in [-0.4, -0.2) is 4.98 Å². The van der Waals surface area contributed by atoms with Crippen LogP contribution in [0, 0.1) is 10.6 Å². The van der Waals surface area contributed by atoms with Gasteiger partial charge in [-0.25, -0.2) is 4.79 Å². The molecule has 1 aromatic rings. The summed E-state index contributed by atoms with van der Waals surface area (Å²) in [5.74, 6) is 0.266. The van der Waals surface area contributed by atoms with Gasteiger partial charge in [0.25, 0.3) is 0 Å². The summed E-state index contributed by atoms with van der Waals surface area (Å²) in [4.78, 5) is 12.8. The number of H-pyrrole nitrogens is 1. The molecule has 0 saturated carbocycles. The maximum Gasteiger partial charge on any atom is 0.417 e. The predicted octanol–water partition coefficient (Wildman–Crippen LogP) is 0.881. The molecule has 0 aliphatic carbocycles. The molecule has 0 saturated heterocycles. The first kappa shape index (κ1) is 5.87. The first-order chi connectivity index (χ1) is 3.70. The lowest BCUT2D eigenvalue weighted by Gasteiger charge is -1.74. The molecule has 0 radical (unpaired) electrons. The van der Waals surface area contributed by atoms with Crippen LogP contribution in [-0.2, 0) is 0 Å². The Morgan fingerprint density at radius 1 is 1.75 bits per heavy atom. The third kappa shape index (κ3) is 0.936. The minimum Gasteiger partial charge on any atom is -0.412 e. The summed E-state index contributed by atoms with van der Waals surface area (Å²) in [6, 6.07) is 0. The van der Waals surface area contributed by atoms with Crippen LogP contribution in [0.15, 0.2) is 9.21 Å². The number of hydrogen-bond acceptors (Lipinski definition) is 2. The van der Waals surface area contributed by atoms with Crippen molar-refractivity contribution in [3.63, 3.8) is 0 Å². The Morgan fingerprint density at radius 3 is 2.50 bits per heavy atom. The summed E-state index contributed by atoms with van der Waals surface area (Å²) in [6.45, 7) is 1.74. The van der Waals surface area contributed by atoms with Crippen molar-refractivity contribution in [3.8, 4) is 0 Å². The molecule has 0 aliphatic rings. The SMILES string of the molecule is Cc1oc(=O)[nH]c1I. The summed E-state index contributed by atoms with van der Waals surface area (Å²) in [5.41, 5.74) is 0. The molecule has 0 bridgehead atoms. The van der Waals surface area contributed by atoms with Crippen LogP contribution in [0.5, 0.6) is 0 Å². The Balaban J connectivity index is 3.35. The third-order valence-electron chi connectivity index (χ3n) is 0.767. The highest BCUT2D eigenvalue weighted by Gasteiger charge is 1.97. The molecule has 0 fully saturated rings. The van der Waals surface area contributed by atoms with Crippen molar-refractivity contribution in [1.29, 1.82) is 0 Å². The monoisotopic (exact) mass is 225 g/mol. The van der Waals surface area contributed by atoms with Crippen LogP contribution in [0.2, 0.25) is 0 Å². The van der Waals surface area contributed by atoms with Gasteiger partial charge in [-0.3, -0.25) is 4.98 Å². The number of aromatic amines is 1. The highest BCUT2D eigenvalue weighted by atomic mass is 127. The molecule has 1 N–H and O–H groups in total. The number of aryl methyl sites for hydroxylation is 1. The zero-order valence-corrected chi connectivity index (χ0v) is 6.35. The van der Waals surface area contributed by atoms with Crippen LogP contribution in [0.25, 0.3) is 0 Å². The van der Waals surface area contributed by atoms with Crippen molar-refractivity contribution >= 4 is 22.6 Å². The summed E-state index contributed by atoms with van der Waals surface area (Å²) >= 11 is 2.00. The molecule has 1 heterocycles. The number of oxazole rings is 1. The zero-order valence-electron chi connectivity index (χ0n) is 4.19. The van der Waals surface area contributed by atoms with Gasteiger partial charge in [0.2, 0.25) is 0 Å². The van der Waals surface area contributed by atoms with Gasteiger partial charge in [-0.05, 0) is 29.5 Å². The molecule has 8 heavy (non-hydrogen) atoms. The highest BCUT2D eigenvalue weighted by molar-refractivity contribution is 14.1. The van der Waals surface area contributed by atoms with E-state index in [-0.39, 0.29) is 5.76 Å². The summed E-state index contributed by atoms with van der Waals surface area (Å²) < 4.78 is 5.37. The van der Waals surface area contributed by atoms with E-state index >= 15 is 0 Å². The largest absolute Gasteiger partial charge is 0.417 e. The van der Waals surface area contributed by atoms with E-state index in [0.29, 0.717) is 5.76 Å². The molecule has 0 unspecified atom stereocenters. The smallest absolute Gasteiger partial charge is 0.412 e. The van der Waals surface area contributed by atoms with Crippen LogP contribution in [0.1, 0.15) is 5.76 Å². The summed E-state index contributed by atoms with van der Waals surface area (Å²) in [7, 11) is 0. The van der Waals surface area contributed by atoms with Crippen molar-refractivity contribution in [3.05, 3.63) is 20.0 Å². The van der Waals surface area contributed by atoms with Gasteiger partial charge < -0.3 is 4.42 Å². The molecule has 0 atom stereocenters. The van der Waals surface area contributed by atoms with Crippen LogP contribution in [0.3, 0.4) is 0 Å². The molecule has 1 aromatic heterocycles. The predicted molar refractivity (Wildman–Crippen MR) is 36.8 cm³/mol. The first-order valence-corrected chi connectivity index (χ1v) is 3.13. The highest BCUT2D eigenvalue weighted by Crippen LogP contribution is 2.02. The van der Waals surface area contributed by atoms with Crippen LogP contribution in [0.4, 0.5) is 0 Å². The fraction of sp³-hybridized carbons (Fsp3) is 0.250. The Bertz CT molecular complexity index is 214.